The number of hydrogen-bond donors (Lipinski definition) is 0. The Labute approximate surface area is 87.8 Å². The minimum atomic E-state index is -0.198. The summed E-state index contributed by atoms with van der Waals surface area (Å²) >= 11 is 1.12. The molecule has 0 aliphatic carbocycles. The summed E-state index contributed by atoms with van der Waals surface area (Å²) in [5.41, 5.74) is 0. The SMILES string of the molecule is C#CC(CCCCC)Oc1nnns1. The lowest BCUT2D eigenvalue weighted by atomic mass is 10.1. The second-order valence-electron chi connectivity index (χ2n) is 2.90. The first-order valence-corrected chi connectivity index (χ1v) is 5.42. The molecule has 0 aliphatic rings. The van der Waals surface area contributed by atoms with Crippen LogP contribution in [0.4, 0.5) is 0 Å². The van der Waals surface area contributed by atoms with E-state index >= 15 is 0 Å². The third-order valence-corrected chi connectivity index (χ3v) is 2.27. The van der Waals surface area contributed by atoms with Crippen molar-refractivity contribution in [1.82, 2.24) is 14.8 Å². The molecule has 4 nitrogen and oxygen atoms in total. The number of unbranched alkanes of at least 4 members (excludes halogenated alkanes) is 2. The first kappa shape index (κ1) is 10.9. The van der Waals surface area contributed by atoms with Crippen molar-refractivity contribution in [2.45, 2.75) is 38.7 Å². The second-order valence-corrected chi connectivity index (χ2v) is 3.59. The van der Waals surface area contributed by atoms with E-state index in [2.05, 4.69) is 27.6 Å². The van der Waals surface area contributed by atoms with E-state index in [0.29, 0.717) is 5.19 Å². The average Bonchev–Trinajstić information content (AvgIpc) is 2.69. The Hall–Kier alpha value is -1.15. The van der Waals surface area contributed by atoms with Crippen LogP contribution in [-0.2, 0) is 0 Å². The molecule has 0 saturated carbocycles. The lowest BCUT2D eigenvalue weighted by Crippen LogP contribution is -2.13. The number of nitrogens with zero attached hydrogens (tertiary/aromatic N) is 3. The molecule has 1 rings (SSSR count). The highest BCUT2D eigenvalue weighted by molar-refractivity contribution is 7.07. The van der Waals surface area contributed by atoms with Crippen molar-refractivity contribution in [2.75, 3.05) is 0 Å². The van der Waals surface area contributed by atoms with E-state index in [-0.39, 0.29) is 6.10 Å². The molecule has 0 aliphatic heterocycles. The maximum absolute atomic E-state index is 5.40. The standard InChI is InChI=1S/C9H13N3OS/c1-3-5-6-7-8(4-2)13-9-10-11-12-14-9/h2,8H,3,5-7H2,1H3. The third-order valence-electron chi connectivity index (χ3n) is 1.78. The third kappa shape index (κ3) is 3.71. The Balaban J connectivity index is 2.29. The molecule has 0 amide bonds. The summed E-state index contributed by atoms with van der Waals surface area (Å²) in [4.78, 5) is 0. The van der Waals surface area contributed by atoms with E-state index in [9.17, 15) is 0 Å². The summed E-state index contributed by atoms with van der Waals surface area (Å²) in [5.74, 6) is 2.59. The van der Waals surface area contributed by atoms with Gasteiger partial charge in [-0.25, -0.2) is 0 Å². The molecule has 1 unspecified atom stereocenters. The molecular weight excluding hydrogens is 198 g/mol. The number of aromatic nitrogens is 3. The average molecular weight is 211 g/mol. The Bertz CT molecular complexity index is 281. The zero-order valence-corrected chi connectivity index (χ0v) is 8.96. The number of ether oxygens (including phenoxy) is 1. The summed E-state index contributed by atoms with van der Waals surface area (Å²) in [5, 5.41) is 7.55. The van der Waals surface area contributed by atoms with Gasteiger partial charge in [0.2, 0.25) is 0 Å². The van der Waals surface area contributed by atoms with Gasteiger partial charge in [-0.2, -0.15) is 0 Å². The molecule has 0 spiro atoms. The lowest BCUT2D eigenvalue weighted by Gasteiger charge is -2.09. The molecule has 1 atom stereocenters. The molecule has 0 N–H and O–H groups in total. The van der Waals surface area contributed by atoms with Gasteiger partial charge in [0, 0.05) is 11.5 Å². The van der Waals surface area contributed by atoms with E-state index in [4.69, 9.17) is 11.2 Å². The topological polar surface area (TPSA) is 47.9 Å². The van der Waals surface area contributed by atoms with Crippen molar-refractivity contribution in [3.8, 4) is 17.5 Å². The number of hydrogen-bond acceptors (Lipinski definition) is 5. The van der Waals surface area contributed by atoms with Crippen LogP contribution in [0.5, 0.6) is 5.19 Å². The molecule has 0 radical (unpaired) electrons. The normalized spacial score (nSPS) is 12.0. The van der Waals surface area contributed by atoms with Crippen LogP contribution in [0, 0.1) is 12.3 Å². The van der Waals surface area contributed by atoms with Crippen LogP contribution in [0.3, 0.4) is 0 Å². The van der Waals surface area contributed by atoms with Crippen LogP contribution in [0.15, 0.2) is 0 Å². The van der Waals surface area contributed by atoms with Gasteiger partial charge in [0.1, 0.15) is 0 Å². The predicted molar refractivity (Wildman–Crippen MR) is 55.1 cm³/mol. The van der Waals surface area contributed by atoms with Crippen LogP contribution in [0.2, 0.25) is 0 Å². The van der Waals surface area contributed by atoms with Crippen molar-refractivity contribution < 1.29 is 4.74 Å². The van der Waals surface area contributed by atoms with Gasteiger partial charge in [0.05, 0.1) is 0 Å². The number of terminal acetylenes is 1. The fraction of sp³-hybridized carbons (Fsp3) is 0.667. The smallest absolute Gasteiger partial charge is 0.315 e. The molecule has 0 aromatic carbocycles. The monoisotopic (exact) mass is 211 g/mol. The van der Waals surface area contributed by atoms with E-state index in [1.165, 1.54) is 12.8 Å². The van der Waals surface area contributed by atoms with Crippen molar-refractivity contribution in [2.24, 2.45) is 0 Å². The molecule has 1 aromatic heterocycles. The Morgan fingerprint density at radius 3 is 3.00 bits per heavy atom. The molecule has 14 heavy (non-hydrogen) atoms. The van der Waals surface area contributed by atoms with Gasteiger partial charge in [-0.1, -0.05) is 35.3 Å². The molecular formula is C9H13N3OS. The van der Waals surface area contributed by atoms with Crippen LogP contribution in [0.1, 0.15) is 32.6 Å². The zero-order valence-electron chi connectivity index (χ0n) is 8.14. The second kappa shape index (κ2) is 6.33. The van der Waals surface area contributed by atoms with E-state index in [0.717, 1.165) is 24.4 Å². The molecule has 1 aromatic rings. The maximum atomic E-state index is 5.40. The molecule has 0 bridgehead atoms. The first-order valence-electron chi connectivity index (χ1n) is 4.64. The fourth-order valence-electron chi connectivity index (χ4n) is 1.05. The Morgan fingerprint density at radius 1 is 1.57 bits per heavy atom. The van der Waals surface area contributed by atoms with Gasteiger partial charge in [0.25, 0.3) is 0 Å². The maximum Gasteiger partial charge on any atom is 0.315 e. The van der Waals surface area contributed by atoms with Crippen LogP contribution >= 0.6 is 11.5 Å². The van der Waals surface area contributed by atoms with Gasteiger partial charge in [-0.05, 0) is 18.1 Å². The van der Waals surface area contributed by atoms with Crippen molar-refractivity contribution in [1.29, 1.82) is 0 Å². The van der Waals surface area contributed by atoms with Crippen molar-refractivity contribution in [3.63, 3.8) is 0 Å². The zero-order chi connectivity index (χ0) is 10.2. The van der Waals surface area contributed by atoms with Gasteiger partial charge in [0.15, 0.2) is 6.10 Å². The van der Waals surface area contributed by atoms with Crippen LogP contribution in [-0.4, -0.2) is 20.9 Å². The summed E-state index contributed by atoms with van der Waals surface area (Å²) < 4.78 is 8.99. The molecule has 76 valence electrons. The minimum absolute atomic E-state index is 0.198. The molecule has 1 heterocycles. The summed E-state index contributed by atoms with van der Waals surface area (Å²) in [6, 6.07) is 0. The van der Waals surface area contributed by atoms with Crippen LogP contribution < -0.4 is 4.74 Å². The fourth-order valence-corrected chi connectivity index (χ4v) is 1.42. The Morgan fingerprint density at radius 2 is 2.43 bits per heavy atom. The Kier molecular flexibility index (Phi) is 4.94. The van der Waals surface area contributed by atoms with Crippen molar-refractivity contribution in [3.05, 3.63) is 0 Å². The van der Waals surface area contributed by atoms with E-state index in [1.807, 2.05) is 0 Å². The van der Waals surface area contributed by atoms with Gasteiger partial charge in [-0.15, -0.1) is 6.42 Å². The largest absolute Gasteiger partial charge is 0.451 e. The van der Waals surface area contributed by atoms with E-state index < -0.39 is 0 Å². The summed E-state index contributed by atoms with van der Waals surface area (Å²) in [6.45, 7) is 2.15. The van der Waals surface area contributed by atoms with Crippen LogP contribution in [0.25, 0.3) is 0 Å². The van der Waals surface area contributed by atoms with Gasteiger partial charge >= 0.3 is 5.19 Å². The first-order chi connectivity index (χ1) is 6.86. The quantitative estimate of drug-likeness (QED) is 0.532. The summed E-state index contributed by atoms with van der Waals surface area (Å²) in [7, 11) is 0. The molecule has 5 heteroatoms. The highest BCUT2D eigenvalue weighted by Crippen LogP contribution is 2.14. The predicted octanol–water partition coefficient (Wildman–Crippen LogP) is 1.89. The minimum Gasteiger partial charge on any atom is -0.451 e. The number of rotatable bonds is 6. The molecule has 0 fully saturated rings. The highest BCUT2D eigenvalue weighted by atomic mass is 32.1. The molecule has 0 saturated heterocycles. The lowest BCUT2D eigenvalue weighted by molar-refractivity contribution is 0.240. The van der Waals surface area contributed by atoms with E-state index in [1.54, 1.807) is 0 Å². The van der Waals surface area contributed by atoms with Crippen molar-refractivity contribution >= 4 is 11.5 Å². The van der Waals surface area contributed by atoms with Gasteiger partial charge < -0.3 is 4.74 Å². The summed E-state index contributed by atoms with van der Waals surface area (Å²) in [6.07, 6.45) is 9.44. The van der Waals surface area contributed by atoms with Gasteiger partial charge in [-0.3, -0.25) is 0 Å². The highest BCUT2D eigenvalue weighted by Gasteiger charge is 2.08.